The molecule has 1 aliphatic heterocycles. The van der Waals surface area contributed by atoms with Crippen LogP contribution in [-0.4, -0.2) is 64.3 Å². The number of ether oxygens (including phenoxy) is 4. The van der Waals surface area contributed by atoms with Crippen molar-refractivity contribution in [3.8, 4) is 23.0 Å². The van der Waals surface area contributed by atoms with Gasteiger partial charge in [0, 0.05) is 12.1 Å². The molecule has 0 radical (unpaired) electrons. The first-order valence-corrected chi connectivity index (χ1v) is 13.0. The van der Waals surface area contributed by atoms with Gasteiger partial charge in [0.1, 0.15) is 12.5 Å². The van der Waals surface area contributed by atoms with Crippen LogP contribution in [0.15, 0.2) is 30.5 Å². The monoisotopic (exact) mass is 580 g/mol. The lowest BCUT2D eigenvalue weighted by Gasteiger charge is -2.30. The third kappa shape index (κ3) is 6.15. The minimum Gasteiger partial charge on any atom is -0.493 e. The Bertz CT molecular complexity index is 1460. The highest BCUT2D eigenvalue weighted by atomic mass is 31.2. The van der Waals surface area contributed by atoms with E-state index in [1.165, 1.54) is 39.5 Å². The lowest BCUT2D eigenvalue weighted by atomic mass is 10.1. The lowest BCUT2D eigenvalue weighted by molar-refractivity contribution is -0.129. The highest BCUT2D eigenvalue weighted by molar-refractivity contribution is 7.46. The van der Waals surface area contributed by atoms with E-state index in [1.54, 1.807) is 19.9 Å². The van der Waals surface area contributed by atoms with Crippen LogP contribution in [0, 0.1) is 5.82 Å². The van der Waals surface area contributed by atoms with Crippen LogP contribution in [0.5, 0.6) is 23.0 Å². The van der Waals surface area contributed by atoms with E-state index in [4.69, 9.17) is 23.5 Å². The summed E-state index contributed by atoms with van der Waals surface area (Å²) in [6.07, 6.45) is 0.846. The van der Waals surface area contributed by atoms with Gasteiger partial charge in [-0.05, 0) is 26.0 Å². The van der Waals surface area contributed by atoms with Crippen molar-refractivity contribution in [3.05, 3.63) is 36.3 Å². The van der Waals surface area contributed by atoms with Crippen LogP contribution in [0.3, 0.4) is 0 Å². The lowest BCUT2D eigenvalue weighted by Crippen LogP contribution is -2.46. The second kappa shape index (κ2) is 11.1. The summed E-state index contributed by atoms with van der Waals surface area (Å²) in [5.74, 6) is -0.607. The zero-order chi connectivity index (χ0) is 29.2. The summed E-state index contributed by atoms with van der Waals surface area (Å²) in [6.45, 7) is 2.46. The number of phosphoric ester groups is 1. The molecule has 40 heavy (non-hydrogen) atoms. The first-order chi connectivity index (χ1) is 18.8. The number of nitrogens with zero attached hydrogens (tertiary/aromatic N) is 4. The van der Waals surface area contributed by atoms with Crippen molar-refractivity contribution in [2.45, 2.75) is 19.4 Å². The van der Waals surface area contributed by atoms with Gasteiger partial charge in [-0.2, -0.15) is 4.98 Å². The van der Waals surface area contributed by atoms with E-state index < -0.39 is 31.9 Å². The summed E-state index contributed by atoms with van der Waals surface area (Å²) in [5, 5.41) is 5.34. The fourth-order valence-corrected chi connectivity index (χ4v) is 3.83. The van der Waals surface area contributed by atoms with Crippen molar-refractivity contribution in [1.82, 2.24) is 15.0 Å². The second-order valence-electron chi connectivity index (χ2n) is 8.66. The highest BCUT2D eigenvalue weighted by Crippen LogP contribution is 2.44. The molecule has 0 unspecified atom stereocenters. The molecule has 17 heteroatoms. The average Bonchev–Trinajstić information content (AvgIpc) is 2.89. The van der Waals surface area contributed by atoms with Crippen LogP contribution in [0.1, 0.15) is 13.8 Å². The molecular formula is C23H26FN6O9P. The predicted octanol–water partition coefficient (Wildman–Crippen LogP) is 3.09. The Balaban J connectivity index is 1.72. The van der Waals surface area contributed by atoms with Gasteiger partial charge in [-0.3, -0.25) is 14.2 Å². The molecule has 0 saturated carbocycles. The molecule has 0 aliphatic carbocycles. The number of rotatable bonds is 10. The van der Waals surface area contributed by atoms with Crippen molar-refractivity contribution in [3.63, 3.8) is 0 Å². The molecule has 3 aromatic rings. The number of phosphoric acid groups is 1. The minimum atomic E-state index is -4.95. The molecule has 0 bridgehead atoms. The molecule has 4 rings (SSSR count). The van der Waals surface area contributed by atoms with Crippen molar-refractivity contribution in [1.29, 1.82) is 0 Å². The zero-order valence-electron chi connectivity index (χ0n) is 22.0. The van der Waals surface area contributed by atoms with E-state index in [1.807, 2.05) is 0 Å². The number of carbonyl (C=O) groups is 1. The van der Waals surface area contributed by atoms with Gasteiger partial charge in [-0.1, -0.05) is 0 Å². The summed E-state index contributed by atoms with van der Waals surface area (Å²) in [5.41, 5.74) is -0.891. The van der Waals surface area contributed by atoms with E-state index >= 15 is 0 Å². The molecule has 0 spiro atoms. The van der Waals surface area contributed by atoms with E-state index in [-0.39, 0.29) is 46.3 Å². The standard InChI is InChI=1S/C23H26FN6O9P/c1-23(2)21(31)28-20-14(39-23)6-7-17(27-20)26-19-13(24)10-25-22(29-19)30(11-38-40(32,33)34)12-8-15(35-3)18(37-5)16(9-12)36-4/h6-10H,11H2,1-5H3,(H2,32,33,34)(H2,25,26,27,28,29,31). The fourth-order valence-electron chi connectivity index (χ4n) is 3.57. The van der Waals surface area contributed by atoms with Gasteiger partial charge in [-0.25, -0.2) is 18.9 Å². The average molecular weight is 580 g/mol. The van der Waals surface area contributed by atoms with Crippen LogP contribution in [0.2, 0.25) is 0 Å². The van der Waals surface area contributed by atoms with Crippen LogP contribution < -0.4 is 34.5 Å². The van der Waals surface area contributed by atoms with Gasteiger partial charge in [0.05, 0.1) is 33.2 Å². The van der Waals surface area contributed by atoms with Gasteiger partial charge < -0.3 is 39.4 Å². The van der Waals surface area contributed by atoms with Crippen molar-refractivity contribution in [2.24, 2.45) is 0 Å². The molecule has 3 heterocycles. The molecule has 0 saturated heterocycles. The number of halogens is 1. The van der Waals surface area contributed by atoms with Crippen molar-refractivity contribution in [2.75, 3.05) is 43.6 Å². The number of benzene rings is 1. The van der Waals surface area contributed by atoms with Gasteiger partial charge in [0.15, 0.2) is 40.3 Å². The number of methoxy groups -OCH3 is 3. The summed E-state index contributed by atoms with van der Waals surface area (Å²) in [7, 11) is -0.774. The maximum absolute atomic E-state index is 14.8. The van der Waals surface area contributed by atoms with Crippen LogP contribution in [0.25, 0.3) is 0 Å². The number of pyridine rings is 1. The summed E-state index contributed by atoms with van der Waals surface area (Å²) in [6, 6.07) is 5.95. The SMILES string of the molecule is COc1cc(N(COP(=O)(O)O)c2ncc(F)c(Nc3ccc4c(n3)NC(=O)C(C)(C)O4)n2)cc(OC)c1OC. The largest absolute Gasteiger partial charge is 0.493 e. The van der Waals surface area contributed by atoms with Gasteiger partial charge in [-0.15, -0.1) is 0 Å². The minimum absolute atomic E-state index is 0.108. The Morgan fingerprint density at radius 2 is 1.80 bits per heavy atom. The van der Waals surface area contributed by atoms with Gasteiger partial charge in [0.25, 0.3) is 5.91 Å². The first kappa shape index (κ1) is 28.8. The van der Waals surface area contributed by atoms with Crippen molar-refractivity contribution >= 4 is 42.8 Å². The van der Waals surface area contributed by atoms with Crippen LogP contribution in [0.4, 0.5) is 33.5 Å². The Morgan fingerprint density at radius 1 is 1.12 bits per heavy atom. The molecule has 1 aliphatic rings. The molecule has 4 N–H and O–H groups in total. The molecular weight excluding hydrogens is 554 g/mol. The van der Waals surface area contributed by atoms with Gasteiger partial charge in [0.2, 0.25) is 11.7 Å². The van der Waals surface area contributed by atoms with E-state index in [0.717, 1.165) is 11.1 Å². The fraction of sp³-hybridized carbons (Fsp3) is 0.304. The van der Waals surface area contributed by atoms with E-state index in [2.05, 4.69) is 25.6 Å². The highest BCUT2D eigenvalue weighted by Gasteiger charge is 2.36. The second-order valence-corrected chi connectivity index (χ2v) is 9.90. The topological polar surface area (TPSA) is 187 Å². The third-order valence-corrected chi connectivity index (χ3v) is 5.99. The number of hydrogen-bond donors (Lipinski definition) is 4. The Morgan fingerprint density at radius 3 is 2.40 bits per heavy atom. The number of anilines is 5. The maximum atomic E-state index is 14.8. The van der Waals surface area contributed by atoms with Crippen LogP contribution in [-0.2, 0) is 13.9 Å². The number of aromatic nitrogens is 3. The molecule has 0 fully saturated rings. The smallest absolute Gasteiger partial charge is 0.471 e. The normalized spacial score (nSPS) is 13.9. The van der Waals surface area contributed by atoms with E-state index in [9.17, 15) is 23.5 Å². The molecule has 15 nitrogen and oxygen atoms in total. The van der Waals surface area contributed by atoms with Crippen LogP contribution >= 0.6 is 7.82 Å². The Kier molecular flexibility index (Phi) is 7.98. The Hall–Kier alpha value is -4.24. The molecule has 2 aromatic heterocycles. The number of nitrogens with one attached hydrogen (secondary N) is 2. The zero-order valence-corrected chi connectivity index (χ0v) is 22.9. The molecule has 214 valence electrons. The molecule has 1 amide bonds. The number of amides is 1. The summed E-state index contributed by atoms with van der Waals surface area (Å²) < 4.78 is 52.7. The third-order valence-electron chi connectivity index (χ3n) is 5.54. The number of fused-ring (bicyclic) bond motifs is 1. The Labute approximate surface area is 227 Å². The maximum Gasteiger partial charge on any atom is 0.471 e. The van der Waals surface area contributed by atoms with Crippen molar-refractivity contribution < 1.29 is 47.0 Å². The quantitative estimate of drug-likeness (QED) is 0.202. The number of hydrogen-bond acceptors (Lipinski definition) is 12. The number of carbonyl (C=O) groups excluding carboxylic acids is 1. The van der Waals surface area contributed by atoms with Gasteiger partial charge >= 0.3 is 7.82 Å². The molecule has 0 atom stereocenters. The first-order valence-electron chi connectivity index (χ1n) is 11.4. The van der Waals surface area contributed by atoms with E-state index in [0.29, 0.717) is 5.75 Å². The summed E-state index contributed by atoms with van der Waals surface area (Å²) in [4.78, 5) is 44.4. The predicted molar refractivity (Wildman–Crippen MR) is 139 cm³/mol. The summed E-state index contributed by atoms with van der Waals surface area (Å²) >= 11 is 0. The molecule has 1 aromatic carbocycles.